The zero-order valence-electron chi connectivity index (χ0n) is 22.3. The summed E-state index contributed by atoms with van der Waals surface area (Å²) in [5.74, 6) is -0.501. The molecule has 0 radical (unpaired) electrons. The fourth-order valence-corrected chi connectivity index (χ4v) is 5.27. The smallest absolute Gasteiger partial charge is 0.305 e. The minimum absolute atomic E-state index is 0.0928. The molecule has 0 aliphatic carbocycles. The minimum atomic E-state index is -0.945. The number of para-hydroxylation sites is 1. The average Bonchev–Trinajstić information content (AvgIpc) is 3.63. The second kappa shape index (κ2) is 12.6. The molecule has 204 valence electrons. The SMILES string of the molecule is CCCCc1ccc(N(Cc2ccc(C(=O)NCCC(=O)O)cc2)c2nc(-c3cc4ccccc4o3)cs2)cc1. The van der Waals surface area contributed by atoms with Crippen LogP contribution in [0.2, 0.25) is 0 Å². The number of benzene rings is 3. The Labute approximate surface area is 237 Å². The summed E-state index contributed by atoms with van der Waals surface area (Å²) in [6.07, 6.45) is 3.26. The van der Waals surface area contributed by atoms with E-state index in [1.165, 1.54) is 5.56 Å². The summed E-state index contributed by atoms with van der Waals surface area (Å²) in [7, 11) is 0. The van der Waals surface area contributed by atoms with Gasteiger partial charge in [-0.15, -0.1) is 11.3 Å². The molecule has 40 heavy (non-hydrogen) atoms. The molecule has 0 atom stereocenters. The number of hydrogen-bond acceptors (Lipinski definition) is 6. The van der Waals surface area contributed by atoms with Crippen LogP contribution in [0.4, 0.5) is 10.8 Å². The maximum absolute atomic E-state index is 12.4. The lowest BCUT2D eigenvalue weighted by atomic mass is 10.1. The molecule has 2 aromatic heterocycles. The molecule has 2 N–H and O–H groups in total. The summed E-state index contributed by atoms with van der Waals surface area (Å²) in [6.45, 7) is 2.85. The minimum Gasteiger partial charge on any atom is -0.481 e. The van der Waals surface area contributed by atoms with Crippen LogP contribution in [-0.4, -0.2) is 28.5 Å². The van der Waals surface area contributed by atoms with Crippen molar-refractivity contribution >= 4 is 45.0 Å². The van der Waals surface area contributed by atoms with Crippen LogP contribution in [0.25, 0.3) is 22.4 Å². The maximum Gasteiger partial charge on any atom is 0.305 e. The third-order valence-corrected chi connectivity index (χ3v) is 7.51. The van der Waals surface area contributed by atoms with Crippen LogP contribution in [0.15, 0.2) is 88.7 Å². The molecule has 0 saturated heterocycles. The predicted octanol–water partition coefficient (Wildman–Crippen LogP) is 7.44. The van der Waals surface area contributed by atoms with Crippen LogP contribution >= 0.6 is 11.3 Å². The molecule has 0 aliphatic heterocycles. The molecular weight excluding hydrogens is 522 g/mol. The summed E-state index contributed by atoms with van der Waals surface area (Å²) in [5, 5.41) is 15.3. The summed E-state index contributed by atoms with van der Waals surface area (Å²) in [4.78, 5) is 30.2. The molecule has 7 nitrogen and oxygen atoms in total. The Morgan fingerprint density at radius 3 is 2.48 bits per heavy atom. The molecule has 5 aromatic rings. The number of fused-ring (bicyclic) bond motifs is 1. The van der Waals surface area contributed by atoms with Gasteiger partial charge in [-0.3, -0.25) is 9.59 Å². The maximum atomic E-state index is 12.4. The van der Waals surface area contributed by atoms with Gasteiger partial charge in [0.15, 0.2) is 10.9 Å². The van der Waals surface area contributed by atoms with Gasteiger partial charge in [0.25, 0.3) is 5.91 Å². The van der Waals surface area contributed by atoms with Gasteiger partial charge in [-0.1, -0.05) is 55.8 Å². The lowest BCUT2D eigenvalue weighted by molar-refractivity contribution is -0.136. The third kappa shape index (κ3) is 6.58. The fourth-order valence-electron chi connectivity index (χ4n) is 4.43. The zero-order chi connectivity index (χ0) is 27.9. The normalized spacial score (nSPS) is 11.0. The van der Waals surface area contributed by atoms with Crippen molar-refractivity contribution in [2.24, 2.45) is 0 Å². The quantitative estimate of drug-likeness (QED) is 0.167. The number of anilines is 2. The van der Waals surface area contributed by atoms with Crippen LogP contribution in [0, 0.1) is 0 Å². The Balaban J connectivity index is 1.39. The van der Waals surface area contributed by atoms with Gasteiger partial charge in [0.2, 0.25) is 0 Å². The lowest BCUT2D eigenvalue weighted by Crippen LogP contribution is -2.26. The van der Waals surface area contributed by atoms with E-state index < -0.39 is 5.97 Å². The second-order valence-electron chi connectivity index (χ2n) is 9.62. The molecule has 2 heterocycles. The fraction of sp³-hybridized carbons (Fsp3) is 0.219. The van der Waals surface area contributed by atoms with Crippen molar-refractivity contribution in [1.29, 1.82) is 0 Å². The number of nitrogens with zero attached hydrogens (tertiary/aromatic N) is 2. The molecule has 1 amide bonds. The topological polar surface area (TPSA) is 95.7 Å². The van der Waals surface area contributed by atoms with E-state index in [0.29, 0.717) is 12.1 Å². The number of carbonyl (C=O) groups excluding carboxylic acids is 1. The highest BCUT2D eigenvalue weighted by Gasteiger charge is 2.18. The highest BCUT2D eigenvalue weighted by Crippen LogP contribution is 2.35. The Kier molecular flexibility index (Phi) is 8.56. The van der Waals surface area contributed by atoms with E-state index in [4.69, 9.17) is 14.5 Å². The summed E-state index contributed by atoms with van der Waals surface area (Å²) in [6, 6.07) is 25.9. The van der Waals surface area contributed by atoms with Gasteiger partial charge in [-0.2, -0.15) is 0 Å². The van der Waals surface area contributed by atoms with Crippen molar-refractivity contribution < 1.29 is 19.1 Å². The molecule has 3 aromatic carbocycles. The summed E-state index contributed by atoms with van der Waals surface area (Å²) >= 11 is 1.56. The number of carbonyl (C=O) groups is 2. The van der Waals surface area contributed by atoms with Crippen molar-refractivity contribution in [2.75, 3.05) is 11.4 Å². The van der Waals surface area contributed by atoms with Gasteiger partial charge in [0.05, 0.1) is 13.0 Å². The number of nitrogens with one attached hydrogen (secondary N) is 1. The predicted molar refractivity (Wildman–Crippen MR) is 159 cm³/mol. The standard InChI is InChI=1S/C32H31N3O4S/c1-2-3-6-22-11-15-26(16-12-22)35(20-23-9-13-24(14-10-23)31(38)33-18-17-30(36)37)32-34-27(21-40-32)29-19-25-7-4-5-8-28(25)39-29/h4-5,7-16,19,21H,2-3,6,17-18,20H2,1H3,(H,33,38)(H,36,37). The van der Waals surface area contributed by atoms with Gasteiger partial charge in [-0.05, 0) is 60.4 Å². The molecule has 0 bridgehead atoms. The molecule has 0 spiro atoms. The number of aliphatic carboxylic acids is 1. The van der Waals surface area contributed by atoms with Crippen LogP contribution in [0.5, 0.6) is 0 Å². The van der Waals surface area contributed by atoms with Crippen molar-refractivity contribution in [3.8, 4) is 11.5 Å². The monoisotopic (exact) mass is 553 g/mol. The Morgan fingerprint density at radius 1 is 1.00 bits per heavy atom. The van der Waals surface area contributed by atoms with E-state index in [0.717, 1.165) is 58.1 Å². The number of carboxylic acids is 1. The highest BCUT2D eigenvalue weighted by molar-refractivity contribution is 7.14. The zero-order valence-corrected chi connectivity index (χ0v) is 23.1. The molecule has 0 aliphatic rings. The van der Waals surface area contributed by atoms with Crippen molar-refractivity contribution in [3.63, 3.8) is 0 Å². The molecule has 0 unspecified atom stereocenters. The molecular formula is C32H31N3O4S. The molecule has 8 heteroatoms. The van der Waals surface area contributed by atoms with Gasteiger partial charge >= 0.3 is 5.97 Å². The first-order valence-electron chi connectivity index (χ1n) is 13.4. The van der Waals surface area contributed by atoms with Crippen LogP contribution in [0.3, 0.4) is 0 Å². The number of hydrogen-bond donors (Lipinski definition) is 2. The first-order valence-corrected chi connectivity index (χ1v) is 14.3. The van der Waals surface area contributed by atoms with Crippen molar-refractivity contribution in [1.82, 2.24) is 10.3 Å². The molecule has 0 saturated carbocycles. The highest BCUT2D eigenvalue weighted by atomic mass is 32.1. The number of rotatable bonds is 12. The first kappa shape index (κ1) is 27.1. The van der Waals surface area contributed by atoms with E-state index >= 15 is 0 Å². The molecule has 0 fully saturated rings. The average molecular weight is 554 g/mol. The van der Waals surface area contributed by atoms with Gasteiger partial charge in [-0.25, -0.2) is 4.98 Å². The van der Waals surface area contributed by atoms with Crippen molar-refractivity contribution in [3.05, 3.63) is 101 Å². The van der Waals surface area contributed by atoms with E-state index in [-0.39, 0.29) is 18.9 Å². The largest absolute Gasteiger partial charge is 0.481 e. The Bertz CT molecular complexity index is 1560. The summed E-state index contributed by atoms with van der Waals surface area (Å²) < 4.78 is 6.06. The first-order chi connectivity index (χ1) is 19.5. The van der Waals surface area contributed by atoms with E-state index in [1.54, 1.807) is 23.5 Å². The van der Waals surface area contributed by atoms with Crippen LogP contribution in [-0.2, 0) is 17.8 Å². The third-order valence-electron chi connectivity index (χ3n) is 6.65. The Hall–Kier alpha value is -4.43. The van der Waals surface area contributed by atoms with Crippen LogP contribution < -0.4 is 10.2 Å². The number of thiazole rings is 1. The van der Waals surface area contributed by atoms with Crippen LogP contribution in [0.1, 0.15) is 47.7 Å². The number of aryl methyl sites for hydroxylation is 1. The number of unbranched alkanes of at least 4 members (excludes halogenated alkanes) is 1. The van der Waals surface area contributed by atoms with E-state index in [1.807, 2.05) is 47.8 Å². The van der Waals surface area contributed by atoms with E-state index in [9.17, 15) is 9.59 Å². The summed E-state index contributed by atoms with van der Waals surface area (Å²) in [5.41, 5.74) is 5.46. The number of amides is 1. The molecule has 5 rings (SSSR count). The Morgan fingerprint density at radius 2 is 1.75 bits per heavy atom. The number of furan rings is 1. The van der Waals surface area contributed by atoms with Crippen molar-refractivity contribution in [2.45, 2.75) is 39.2 Å². The lowest BCUT2D eigenvalue weighted by Gasteiger charge is -2.23. The second-order valence-corrected chi connectivity index (χ2v) is 10.5. The van der Waals surface area contributed by atoms with E-state index in [2.05, 4.69) is 41.4 Å². The van der Waals surface area contributed by atoms with Gasteiger partial charge in [0.1, 0.15) is 11.3 Å². The number of aromatic nitrogens is 1. The number of carboxylic acid groups (broad SMARTS) is 1. The van der Waals surface area contributed by atoms with Gasteiger partial charge < -0.3 is 19.7 Å². The van der Waals surface area contributed by atoms with Gasteiger partial charge in [0, 0.05) is 28.6 Å².